The molecule has 0 spiro atoms. The molecule has 3 aromatic rings. The van der Waals surface area contributed by atoms with Crippen LogP contribution < -0.4 is 19.7 Å². The van der Waals surface area contributed by atoms with Gasteiger partial charge in [-0.15, -0.1) is 6.58 Å². The summed E-state index contributed by atoms with van der Waals surface area (Å²) in [5.41, 5.74) is -1.33. The second-order valence-corrected chi connectivity index (χ2v) is 8.93. The lowest BCUT2D eigenvalue weighted by molar-refractivity contribution is -0.394. The highest BCUT2D eigenvalue weighted by Gasteiger charge is 2.37. The number of benzene rings is 3. The molecule has 224 valence electrons. The van der Waals surface area contributed by atoms with E-state index in [2.05, 4.69) is 11.9 Å². The minimum Gasteiger partial charge on any atom is -0.490 e. The fraction of sp³-hybridized carbons (Fsp3) is 0.107. The van der Waals surface area contributed by atoms with Gasteiger partial charge in [-0.2, -0.15) is 0 Å². The predicted molar refractivity (Wildman–Crippen MR) is 153 cm³/mol. The minimum atomic E-state index is -1.05. The fourth-order valence-electron chi connectivity index (χ4n) is 4.19. The van der Waals surface area contributed by atoms with E-state index >= 15 is 0 Å². The average molecular weight is 604 g/mol. The second kappa shape index (κ2) is 12.6. The van der Waals surface area contributed by atoms with Gasteiger partial charge in [0, 0.05) is 23.8 Å². The number of ether oxygens (including phenoxy) is 2. The highest BCUT2D eigenvalue weighted by atomic mass is 16.6. The summed E-state index contributed by atoms with van der Waals surface area (Å²) < 4.78 is 11.6. The topological polar surface area (TPSA) is 214 Å². The number of nitrogens with zero attached hydrogens (tertiary/aromatic N) is 4. The van der Waals surface area contributed by atoms with E-state index in [4.69, 9.17) is 9.47 Å². The Labute approximate surface area is 247 Å². The summed E-state index contributed by atoms with van der Waals surface area (Å²) in [6.07, 6.45) is 2.81. The van der Waals surface area contributed by atoms with E-state index in [1.54, 1.807) is 6.92 Å². The zero-order chi connectivity index (χ0) is 32.1. The number of urea groups is 1. The number of carbonyl (C=O) groups excluding carboxylic acids is 3. The number of rotatable bonds is 11. The van der Waals surface area contributed by atoms with Gasteiger partial charge in [-0.3, -0.25) is 45.2 Å². The lowest BCUT2D eigenvalue weighted by Gasteiger charge is -2.26. The third kappa shape index (κ3) is 6.23. The van der Waals surface area contributed by atoms with Crippen LogP contribution in [0.15, 0.2) is 72.8 Å². The molecule has 16 heteroatoms. The van der Waals surface area contributed by atoms with Crippen LogP contribution in [0.1, 0.15) is 18.1 Å². The number of carbonyl (C=O) groups is 3. The van der Waals surface area contributed by atoms with Crippen LogP contribution in [0.5, 0.6) is 17.2 Å². The molecule has 1 fully saturated rings. The van der Waals surface area contributed by atoms with E-state index in [-0.39, 0.29) is 47.2 Å². The van der Waals surface area contributed by atoms with E-state index < -0.39 is 49.6 Å². The van der Waals surface area contributed by atoms with Crippen molar-refractivity contribution in [3.63, 3.8) is 0 Å². The molecule has 0 atom stereocenters. The Morgan fingerprint density at radius 1 is 0.886 bits per heavy atom. The average Bonchev–Trinajstić information content (AvgIpc) is 2.97. The molecule has 3 aromatic carbocycles. The molecule has 1 N–H and O–H groups in total. The van der Waals surface area contributed by atoms with Crippen molar-refractivity contribution >= 4 is 46.7 Å². The van der Waals surface area contributed by atoms with Gasteiger partial charge in [0.25, 0.3) is 23.2 Å². The third-order valence-electron chi connectivity index (χ3n) is 6.11. The number of allylic oxidation sites excluding steroid dienone is 1. The van der Waals surface area contributed by atoms with Crippen molar-refractivity contribution in [3.8, 4) is 17.2 Å². The summed E-state index contributed by atoms with van der Waals surface area (Å²) >= 11 is 0. The normalized spacial score (nSPS) is 13.8. The van der Waals surface area contributed by atoms with Crippen molar-refractivity contribution in [3.05, 3.63) is 114 Å². The predicted octanol–water partition coefficient (Wildman–Crippen LogP) is 5.00. The van der Waals surface area contributed by atoms with Crippen LogP contribution in [0, 0.1) is 30.3 Å². The molecule has 0 radical (unpaired) electrons. The van der Waals surface area contributed by atoms with Crippen LogP contribution in [0.4, 0.5) is 27.5 Å². The summed E-state index contributed by atoms with van der Waals surface area (Å²) in [7, 11) is 0. The third-order valence-corrected chi connectivity index (χ3v) is 6.11. The van der Waals surface area contributed by atoms with Crippen molar-refractivity contribution < 1.29 is 38.6 Å². The monoisotopic (exact) mass is 603 g/mol. The molecule has 1 saturated heterocycles. The summed E-state index contributed by atoms with van der Waals surface area (Å²) in [6, 6.07) is 9.27. The number of nitro benzene ring substituents is 3. The first-order valence-electron chi connectivity index (χ1n) is 12.6. The van der Waals surface area contributed by atoms with Gasteiger partial charge in [-0.05, 0) is 55.3 Å². The maximum atomic E-state index is 13.3. The van der Waals surface area contributed by atoms with Crippen LogP contribution in [-0.2, 0) is 16.0 Å². The van der Waals surface area contributed by atoms with E-state index in [0.29, 0.717) is 10.5 Å². The number of anilines is 1. The van der Waals surface area contributed by atoms with Crippen LogP contribution in [0.25, 0.3) is 6.08 Å². The van der Waals surface area contributed by atoms with Gasteiger partial charge in [0.05, 0.1) is 33.1 Å². The summed E-state index contributed by atoms with van der Waals surface area (Å²) in [5, 5.41) is 35.8. The Hall–Kier alpha value is -6.45. The first-order chi connectivity index (χ1) is 20.9. The van der Waals surface area contributed by atoms with E-state index in [9.17, 15) is 44.7 Å². The molecule has 1 aliphatic rings. The molecule has 0 bridgehead atoms. The molecule has 0 saturated carbocycles. The Morgan fingerprint density at radius 3 is 2.14 bits per heavy atom. The van der Waals surface area contributed by atoms with Crippen molar-refractivity contribution in [2.45, 2.75) is 13.3 Å². The molecule has 0 unspecified atom stereocenters. The highest BCUT2D eigenvalue weighted by molar-refractivity contribution is 6.39. The number of hydrogen-bond acceptors (Lipinski definition) is 11. The van der Waals surface area contributed by atoms with Crippen LogP contribution in [0.3, 0.4) is 0 Å². The van der Waals surface area contributed by atoms with Crippen LogP contribution in [-0.4, -0.2) is 39.2 Å². The van der Waals surface area contributed by atoms with Gasteiger partial charge in [-0.1, -0.05) is 6.08 Å². The molecule has 1 aliphatic heterocycles. The van der Waals surface area contributed by atoms with Gasteiger partial charge in [0.15, 0.2) is 11.5 Å². The van der Waals surface area contributed by atoms with Gasteiger partial charge < -0.3 is 9.47 Å². The molecule has 4 amide bonds. The maximum Gasteiger partial charge on any atom is 0.335 e. The summed E-state index contributed by atoms with van der Waals surface area (Å²) in [5.74, 6) is -2.23. The van der Waals surface area contributed by atoms with E-state index in [1.165, 1.54) is 36.4 Å². The van der Waals surface area contributed by atoms with Crippen LogP contribution in [0.2, 0.25) is 0 Å². The fourth-order valence-corrected chi connectivity index (χ4v) is 4.19. The number of nitrogens with one attached hydrogen (secondary N) is 1. The Morgan fingerprint density at radius 2 is 1.55 bits per heavy atom. The van der Waals surface area contributed by atoms with Crippen molar-refractivity contribution in [2.75, 3.05) is 11.5 Å². The number of imide groups is 2. The maximum absolute atomic E-state index is 13.3. The number of hydrogen-bond donors (Lipinski definition) is 1. The van der Waals surface area contributed by atoms with Crippen molar-refractivity contribution in [1.29, 1.82) is 0 Å². The number of barbiturate groups is 1. The zero-order valence-corrected chi connectivity index (χ0v) is 22.8. The largest absolute Gasteiger partial charge is 0.490 e. The lowest BCUT2D eigenvalue weighted by Crippen LogP contribution is -2.54. The van der Waals surface area contributed by atoms with Gasteiger partial charge in [-0.25, -0.2) is 9.69 Å². The first-order valence-corrected chi connectivity index (χ1v) is 12.6. The number of non-ortho nitro benzene ring substituents is 2. The molecule has 16 nitrogen and oxygen atoms in total. The summed E-state index contributed by atoms with van der Waals surface area (Å²) in [4.78, 5) is 70.8. The first kappa shape index (κ1) is 30.5. The minimum absolute atomic E-state index is 0.0210. The standard InChI is InChI=1S/C28H21N5O11/c1-3-5-17-12-16(13-21-26(34)29-28(36)30(27(21)35)18-6-8-19(9-7-18)31(37)38)14-24(43-4-2)25(17)44-23-11-10-20(32(39)40)15-22(23)33(41)42/h3,6-15H,1,4-5H2,2H3,(H,29,34,36)/b21-13+. The van der Waals surface area contributed by atoms with Crippen molar-refractivity contribution in [1.82, 2.24) is 5.32 Å². The Balaban J connectivity index is 1.79. The number of nitro groups is 3. The lowest BCUT2D eigenvalue weighted by atomic mass is 10.0. The Kier molecular flexibility index (Phi) is 8.74. The van der Waals surface area contributed by atoms with E-state index in [1.807, 2.05) is 0 Å². The molecular weight excluding hydrogens is 582 g/mol. The second-order valence-electron chi connectivity index (χ2n) is 8.93. The highest BCUT2D eigenvalue weighted by Crippen LogP contribution is 2.41. The molecular formula is C28H21N5O11. The van der Waals surface area contributed by atoms with Gasteiger partial charge >= 0.3 is 11.7 Å². The summed E-state index contributed by atoms with van der Waals surface area (Å²) in [6.45, 7) is 5.46. The quantitative estimate of drug-likeness (QED) is 0.101. The smallest absolute Gasteiger partial charge is 0.335 e. The molecule has 4 rings (SSSR count). The molecule has 0 aliphatic carbocycles. The van der Waals surface area contributed by atoms with Crippen LogP contribution >= 0.6 is 0 Å². The Bertz CT molecular complexity index is 1770. The van der Waals surface area contributed by atoms with Gasteiger partial charge in [0.2, 0.25) is 5.75 Å². The molecule has 44 heavy (non-hydrogen) atoms. The molecule has 1 heterocycles. The molecule has 0 aromatic heterocycles. The van der Waals surface area contributed by atoms with E-state index in [0.717, 1.165) is 30.3 Å². The SMILES string of the molecule is C=CCc1cc(/C=C2\C(=O)NC(=O)N(c3ccc([N+](=O)[O-])cc3)C2=O)cc(OCC)c1Oc1ccc([N+](=O)[O-])cc1[N+](=O)[O-]. The van der Waals surface area contributed by atoms with Gasteiger partial charge in [0.1, 0.15) is 5.57 Å². The zero-order valence-electron chi connectivity index (χ0n) is 22.8. The number of amides is 4. The van der Waals surface area contributed by atoms with Crippen molar-refractivity contribution in [2.24, 2.45) is 0 Å².